The predicted octanol–water partition coefficient (Wildman–Crippen LogP) is 3.02. The number of nitrogens with one attached hydrogen (secondary N) is 1. The molecule has 0 spiro atoms. The lowest BCUT2D eigenvalue weighted by molar-refractivity contribution is 0.0930. The molecular weight excluding hydrogens is 266 g/mol. The van der Waals surface area contributed by atoms with Crippen LogP contribution in [0.5, 0.6) is 0 Å². The van der Waals surface area contributed by atoms with Crippen molar-refractivity contribution in [3.8, 4) is 0 Å². The van der Waals surface area contributed by atoms with Crippen molar-refractivity contribution in [3.63, 3.8) is 0 Å². The first-order chi connectivity index (χ1) is 10.1. The summed E-state index contributed by atoms with van der Waals surface area (Å²) in [6, 6.07) is 9.43. The highest BCUT2D eigenvalue weighted by Gasteiger charge is 2.16. The Morgan fingerprint density at radius 3 is 2.76 bits per heavy atom. The van der Waals surface area contributed by atoms with Gasteiger partial charge in [0, 0.05) is 11.6 Å². The number of amides is 1. The van der Waals surface area contributed by atoms with Gasteiger partial charge in [0.25, 0.3) is 5.91 Å². The number of aromatic nitrogens is 2. The molecule has 3 aromatic rings. The molecule has 1 amide bonds. The Morgan fingerprint density at radius 1 is 1.24 bits per heavy atom. The van der Waals surface area contributed by atoms with Crippen LogP contribution in [0.3, 0.4) is 0 Å². The van der Waals surface area contributed by atoms with Crippen molar-refractivity contribution < 1.29 is 9.21 Å². The third kappa shape index (κ3) is 2.76. The molecule has 1 atom stereocenters. The van der Waals surface area contributed by atoms with Crippen molar-refractivity contribution in [2.24, 2.45) is 0 Å². The molecule has 106 valence electrons. The summed E-state index contributed by atoms with van der Waals surface area (Å²) >= 11 is 0. The SMILES string of the molecule is Cc1cnc(C(=O)NC(C)c2cc3ccccc3o2)cn1. The van der Waals surface area contributed by atoms with Crippen LogP contribution in [0.25, 0.3) is 11.0 Å². The fraction of sp³-hybridized carbons (Fsp3) is 0.188. The molecule has 5 nitrogen and oxygen atoms in total. The number of aryl methyl sites for hydroxylation is 1. The maximum absolute atomic E-state index is 12.1. The van der Waals surface area contributed by atoms with Crippen LogP contribution >= 0.6 is 0 Å². The van der Waals surface area contributed by atoms with Crippen LogP contribution in [0.1, 0.15) is 34.9 Å². The third-order valence-corrected chi connectivity index (χ3v) is 3.23. The monoisotopic (exact) mass is 281 g/mol. The first kappa shape index (κ1) is 13.3. The van der Waals surface area contributed by atoms with Gasteiger partial charge in [0.1, 0.15) is 17.0 Å². The highest BCUT2D eigenvalue weighted by atomic mass is 16.3. The minimum absolute atomic E-state index is 0.243. The zero-order valence-electron chi connectivity index (χ0n) is 11.8. The van der Waals surface area contributed by atoms with E-state index in [-0.39, 0.29) is 11.9 Å². The first-order valence-electron chi connectivity index (χ1n) is 6.71. The number of fused-ring (bicyclic) bond motifs is 1. The van der Waals surface area contributed by atoms with E-state index in [1.807, 2.05) is 44.2 Å². The van der Waals surface area contributed by atoms with E-state index in [2.05, 4.69) is 15.3 Å². The normalized spacial score (nSPS) is 12.3. The van der Waals surface area contributed by atoms with Gasteiger partial charge in [-0.2, -0.15) is 0 Å². The molecule has 1 unspecified atom stereocenters. The number of benzene rings is 1. The van der Waals surface area contributed by atoms with Crippen molar-refractivity contribution >= 4 is 16.9 Å². The Kier molecular flexibility index (Phi) is 3.39. The van der Waals surface area contributed by atoms with Crippen LogP contribution in [-0.2, 0) is 0 Å². The summed E-state index contributed by atoms with van der Waals surface area (Å²) < 4.78 is 5.73. The molecule has 0 saturated heterocycles. The van der Waals surface area contributed by atoms with E-state index in [0.717, 1.165) is 16.7 Å². The molecule has 0 saturated carbocycles. The molecule has 1 aromatic carbocycles. The van der Waals surface area contributed by atoms with Gasteiger partial charge >= 0.3 is 0 Å². The van der Waals surface area contributed by atoms with Gasteiger partial charge in [-0.15, -0.1) is 0 Å². The van der Waals surface area contributed by atoms with Crippen LogP contribution in [0.15, 0.2) is 47.1 Å². The van der Waals surface area contributed by atoms with E-state index in [0.29, 0.717) is 11.5 Å². The Hall–Kier alpha value is -2.69. The van der Waals surface area contributed by atoms with E-state index in [4.69, 9.17) is 4.42 Å². The second kappa shape index (κ2) is 5.36. The number of para-hydroxylation sites is 1. The van der Waals surface area contributed by atoms with Gasteiger partial charge < -0.3 is 9.73 Å². The summed E-state index contributed by atoms with van der Waals surface area (Å²) in [5.41, 5.74) is 1.88. The summed E-state index contributed by atoms with van der Waals surface area (Å²) in [7, 11) is 0. The Bertz CT molecular complexity index is 745. The molecule has 1 N–H and O–H groups in total. The third-order valence-electron chi connectivity index (χ3n) is 3.23. The van der Waals surface area contributed by atoms with Crippen LogP contribution < -0.4 is 5.32 Å². The predicted molar refractivity (Wildman–Crippen MR) is 78.9 cm³/mol. The number of carbonyl (C=O) groups excluding carboxylic acids is 1. The summed E-state index contributed by atoms with van der Waals surface area (Å²) in [4.78, 5) is 20.2. The number of hydrogen-bond acceptors (Lipinski definition) is 4. The summed E-state index contributed by atoms with van der Waals surface area (Å²) in [5, 5.41) is 3.88. The number of furan rings is 1. The summed E-state index contributed by atoms with van der Waals surface area (Å²) in [5.74, 6) is 0.445. The second-order valence-corrected chi connectivity index (χ2v) is 4.92. The van der Waals surface area contributed by atoms with Crippen LogP contribution in [0.4, 0.5) is 0 Å². The van der Waals surface area contributed by atoms with Gasteiger partial charge in [0.15, 0.2) is 0 Å². The van der Waals surface area contributed by atoms with E-state index < -0.39 is 0 Å². The quantitative estimate of drug-likeness (QED) is 0.801. The Morgan fingerprint density at radius 2 is 2.05 bits per heavy atom. The largest absolute Gasteiger partial charge is 0.459 e. The lowest BCUT2D eigenvalue weighted by Crippen LogP contribution is -2.27. The number of nitrogens with zero attached hydrogens (tertiary/aromatic N) is 2. The molecular formula is C16H15N3O2. The van der Waals surface area contributed by atoms with Gasteiger partial charge in [-0.3, -0.25) is 9.78 Å². The maximum atomic E-state index is 12.1. The molecule has 0 radical (unpaired) electrons. The fourth-order valence-electron chi connectivity index (χ4n) is 2.07. The lowest BCUT2D eigenvalue weighted by atomic mass is 10.2. The van der Waals surface area contributed by atoms with E-state index in [1.165, 1.54) is 6.20 Å². The standard InChI is InChI=1S/C16H15N3O2/c1-10-8-18-13(9-17-10)16(20)19-11(2)15-7-12-5-3-4-6-14(12)21-15/h3-9,11H,1-2H3,(H,19,20). The van der Waals surface area contributed by atoms with Crippen LogP contribution in [0.2, 0.25) is 0 Å². The molecule has 21 heavy (non-hydrogen) atoms. The first-order valence-corrected chi connectivity index (χ1v) is 6.71. The molecule has 2 aromatic heterocycles. The second-order valence-electron chi connectivity index (χ2n) is 4.92. The number of carbonyl (C=O) groups is 1. The van der Waals surface area contributed by atoms with Crippen molar-refractivity contribution in [1.29, 1.82) is 0 Å². The van der Waals surface area contributed by atoms with Gasteiger partial charge in [0.2, 0.25) is 0 Å². The van der Waals surface area contributed by atoms with Crippen molar-refractivity contribution in [2.75, 3.05) is 0 Å². The summed E-state index contributed by atoms with van der Waals surface area (Å²) in [6.45, 7) is 3.70. The van der Waals surface area contributed by atoms with Crippen molar-refractivity contribution in [1.82, 2.24) is 15.3 Å². The molecule has 0 aliphatic carbocycles. The van der Waals surface area contributed by atoms with Gasteiger partial charge in [-0.25, -0.2) is 4.98 Å². The average Bonchev–Trinajstić information content (AvgIpc) is 2.92. The fourth-order valence-corrected chi connectivity index (χ4v) is 2.07. The molecule has 0 fully saturated rings. The minimum atomic E-state index is -0.268. The molecule has 2 heterocycles. The topological polar surface area (TPSA) is 68.0 Å². The van der Waals surface area contributed by atoms with Crippen molar-refractivity contribution in [2.45, 2.75) is 19.9 Å². The van der Waals surface area contributed by atoms with E-state index >= 15 is 0 Å². The van der Waals surface area contributed by atoms with Crippen LogP contribution in [-0.4, -0.2) is 15.9 Å². The Labute approximate surface area is 122 Å². The minimum Gasteiger partial charge on any atom is -0.459 e. The van der Waals surface area contributed by atoms with E-state index in [1.54, 1.807) is 6.20 Å². The van der Waals surface area contributed by atoms with E-state index in [9.17, 15) is 4.79 Å². The smallest absolute Gasteiger partial charge is 0.272 e. The zero-order chi connectivity index (χ0) is 14.8. The number of rotatable bonds is 3. The maximum Gasteiger partial charge on any atom is 0.272 e. The van der Waals surface area contributed by atoms with Gasteiger partial charge in [-0.05, 0) is 26.0 Å². The van der Waals surface area contributed by atoms with Gasteiger partial charge in [0.05, 0.1) is 17.9 Å². The van der Waals surface area contributed by atoms with Gasteiger partial charge in [-0.1, -0.05) is 18.2 Å². The lowest BCUT2D eigenvalue weighted by Gasteiger charge is -2.10. The molecule has 3 rings (SSSR count). The Balaban J connectivity index is 1.77. The molecule has 0 aliphatic heterocycles. The molecule has 0 bridgehead atoms. The van der Waals surface area contributed by atoms with Crippen LogP contribution in [0, 0.1) is 6.92 Å². The highest BCUT2D eigenvalue weighted by Crippen LogP contribution is 2.23. The summed E-state index contributed by atoms with van der Waals surface area (Å²) in [6.07, 6.45) is 3.04. The molecule has 5 heteroatoms. The molecule has 0 aliphatic rings. The van der Waals surface area contributed by atoms with Crippen molar-refractivity contribution in [3.05, 3.63) is 59.9 Å². The number of hydrogen-bond donors (Lipinski definition) is 1. The highest BCUT2D eigenvalue weighted by molar-refractivity contribution is 5.92. The average molecular weight is 281 g/mol. The zero-order valence-corrected chi connectivity index (χ0v) is 11.8.